The Labute approximate surface area is 130 Å². The maximum Gasteiger partial charge on any atom is 0.0576 e. The van der Waals surface area contributed by atoms with E-state index in [1.807, 2.05) is 0 Å². The molecule has 1 N–H and O–H groups in total. The van der Waals surface area contributed by atoms with Crippen LogP contribution in [0.5, 0.6) is 0 Å². The van der Waals surface area contributed by atoms with Gasteiger partial charge in [0.15, 0.2) is 0 Å². The van der Waals surface area contributed by atoms with Crippen molar-refractivity contribution in [2.45, 2.75) is 88.3 Å². The van der Waals surface area contributed by atoms with Gasteiger partial charge in [-0.3, -0.25) is 4.90 Å². The first-order chi connectivity index (χ1) is 10.3. The van der Waals surface area contributed by atoms with Gasteiger partial charge in [0.25, 0.3) is 0 Å². The molecular formula is C18H34N2O. The topological polar surface area (TPSA) is 24.5 Å². The zero-order valence-corrected chi connectivity index (χ0v) is 13.9. The van der Waals surface area contributed by atoms with Crippen molar-refractivity contribution in [1.82, 2.24) is 10.2 Å². The number of likely N-dealkylation sites (N-methyl/N-ethyl adjacent to an activating group) is 1. The summed E-state index contributed by atoms with van der Waals surface area (Å²) in [5.41, 5.74) is 0.474. The molecule has 0 radical (unpaired) electrons. The predicted octanol–water partition coefficient (Wildman–Crippen LogP) is 3.33. The van der Waals surface area contributed by atoms with E-state index in [9.17, 15) is 0 Å². The first kappa shape index (κ1) is 15.8. The highest BCUT2D eigenvalue weighted by molar-refractivity contribution is 5.04. The maximum absolute atomic E-state index is 5.79. The third-order valence-electron chi connectivity index (χ3n) is 6.25. The molecule has 1 aliphatic carbocycles. The minimum absolute atomic E-state index is 0.474. The minimum Gasteiger partial charge on any atom is -0.378 e. The molecular weight excluding hydrogens is 260 g/mol. The van der Waals surface area contributed by atoms with Gasteiger partial charge >= 0.3 is 0 Å². The molecule has 0 aromatic heterocycles. The van der Waals surface area contributed by atoms with Crippen LogP contribution < -0.4 is 5.32 Å². The van der Waals surface area contributed by atoms with Crippen molar-refractivity contribution in [2.75, 3.05) is 26.7 Å². The quantitative estimate of drug-likeness (QED) is 0.779. The Kier molecular flexibility index (Phi) is 5.58. The van der Waals surface area contributed by atoms with Gasteiger partial charge in [-0.25, -0.2) is 0 Å². The summed E-state index contributed by atoms with van der Waals surface area (Å²) < 4.78 is 5.79. The smallest absolute Gasteiger partial charge is 0.0576 e. The molecule has 3 rings (SSSR count). The zero-order valence-electron chi connectivity index (χ0n) is 13.9. The monoisotopic (exact) mass is 294 g/mol. The normalized spacial score (nSPS) is 31.0. The lowest BCUT2D eigenvalue weighted by molar-refractivity contribution is 0.0685. The van der Waals surface area contributed by atoms with E-state index >= 15 is 0 Å². The summed E-state index contributed by atoms with van der Waals surface area (Å²) in [4.78, 5) is 2.84. The largest absolute Gasteiger partial charge is 0.378 e. The van der Waals surface area contributed by atoms with Gasteiger partial charge in [0, 0.05) is 18.2 Å². The van der Waals surface area contributed by atoms with E-state index in [1.54, 1.807) is 0 Å². The lowest BCUT2D eigenvalue weighted by atomic mass is 9.83. The highest BCUT2D eigenvalue weighted by Crippen LogP contribution is 2.41. The van der Waals surface area contributed by atoms with E-state index in [4.69, 9.17) is 4.74 Å². The Morgan fingerprint density at radius 1 is 1.14 bits per heavy atom. The van der Waals surface area contributed by atoms with E-state index in [1.165, 1.54) is 83.7 Å². The summed E-state index contributed by atoms with van der Waals surface area (Å²) >= 11 is 0. The lowest BCUT2D eigenvalue weighted by Gasteiger charge is -2.45. The van der Waals surface area contributed by atoms with Gasteiger partial charge in [0.1, 0.15) is 0 Å². The van der Waals surface area contributed by atoms with Crippen LogP contribution in [0.4, 0.5) is 0 Å². The molecule has 0 spiro atoms. The molecule has 0 bridgehead atoms. The van der Waals surface area contributed by atoms with Gasteiger partial charge in [-0.05, 0) is 77.9 Å². The summed E-state index contributed by atoms with van der Waals surface area (Å²) in [5.74, 6) is 0. The van der Waals surface area contributed by atoms with Gasteiger partial charge in [0.05, 0.1) is 6.10 Å². The number of nitrogens with one attached hydrogen (secondary N) is 1. The average molecular weight is 294 g/mol. The van der Waals surface area contributed by atoms with Crippen molar-refractivity contribution in [2.24, 2.45) is 0 Å². The van der Waals surface area contributed by atoms with Crippen LogP contribution in [0.1, 0.15) is 70.6 Å². The van der Waals surface area contributed by atoms with Gasteiger partial charge in [0.2, 0.25) is 0 Å². The van der Waals surface area contributed by atoms with E-state index < -0.39 is 0 Å². The van der Waals surface area contributed by atoms with E-state index in [-0.39, 0.29) is 0 Å². The average Bonchev–Trinajstić information content (AvgIpc) is 3.25. The molecule has 2 saturated heterocycles. The summed E-state index contributed by atoms with van der Waals surface area (Å²) in [7, 11) is 2.19. The van der Waals surface area contributed by atoms with Crippen LogP contribution in [0, 0.1) is 0 Å². The minimum atomic E-state index is 0.474. The molecule has 3 heteroatoms. The lowest BCUT2D eigenvalue weighted by Crippen LogP contribution is -2.58. The van der Waals surface area contributed by atoms with Crippen molar-refractivity contribution < 1.29 is 4.74 Å². The van der Waals surface area contributed by atoms with Crippen LogP contribution in [0.2, 0.25) is 0 Å². The number of hydrogen-bond donors (Lipinski definition) is 1. The van der Waals surface area contributed by atoms with E-state index in [2.05, 4.69) is 17.3 Å². The molecule has 122 valence electrons. The second kappa shape index (κ2) is 7.43. The molecule has 2 atom stereocenters. The van der Waals surface area contributed by atoms with E-state index in [0.29, 0.717) is 17.7 Å². The summed E-state index contributed by atoms with van der Waals surface area (Å²) in [5, 5.41) is 3.70. The van der Waals surface area contributed by atoms with Crippen LogP contribution >= 0.6 is 0 Å². The summed E-state index contributed by atoms with van der Waals surface area (Å²) in [6, 6.07) is 0.680. The van der Waals surface area contributed by atoms with Crippen LogP contribution in [-0.2, 0) is 4.74 Å². The molecule has 2 aliphatic heterocycles. The van der Waals surface area contributed by atoms with Crippen LogP contribution in [0.3, 0.4) is 0 Å². The Morgan fingerprint density at radius 2 is 1.90 bits per heavy atom. The molecule has 3 nitrogen and oxygen atoms in total. The fourth-order valence-electron chi connectivity index (χ4n) is 5.14. The van der Waals surface area contributed by atoms with Crippen molar-refractivity contribution in [3.63, 3.8) is 0 Å². The Morgan fingerprint density at radius 3 is 2.52 bits per heavy atom. The van der Waals surface area contributed by atoms with Crippen LogP contribution in [0.15, 0.2) is 0 Å². The van der Waals surface area contributed by atoms with E-state index in [0.717, 1.165) is 6.61 Å². The standard InChI is InChI=1S/C18H34N2O/c1-19-17(10-6-8-16-9-7-15-21-16)18(11-2-3-12-18)20-13-4-5-14-20/h16-17,19H,2-15H2,1H3. The third-order valence-corrected chi connectivity index (χ3v) is 6.25. The molecule has 0 aromatic carbocycles. The molecule has 3 fully saturated rings. The van der Waals surface area contributed by atoms with Gasteiger partial charge < -0.3 is 10.1 Å². The van der Waals surface area contributed by atoms with Gasteiger partial charge in [-0.15, -0.1) is 0 Å². The number of hydrogen-bond acceptors (Lipinski definition) is 3. The molecule has 3 aliphatic rings. The fraction of sp³-hybridized carbons (Fsp3) is 1.00. The molecule has 0 aromatic rings. The first-order valence-corrected chi connectivity index (χ1v) is 9.39. The first-order valence-electron chi connectivity index (χ1n) is 9.39. The van der Waals surface area contributed by atoms with Crippen LogP contribution in [-0.4, -0.2) is 49.3 Å². The highest BCUT2D eigenvalue weighted by atomic mass is 16.5. The molecule has 1 saturated carbocycles. The van der Waals surface area contributed by atoms with Crippen molar-refractivity contribution in [3.05, 3.63) is 0 Å². The van der Waals surface area contributed by atoms with Crippen molar-refractivity contribution in [3.8, 4) is 0 Å². The van der Waals surface area contributed by atoms with Crippen molar-refractivity contribution in [1.29, 1.82) is 0 Å². The molecule has 2 heterocycles. The zero-order chi connectivity index (χ0) is 14.5. The molecule has 21 heavy (non-hydrogen) atoms. The van der Waals surface area contributed by atoms with Gasteiger partial charge in [-0.1, -0.05) is 12.8 Å². The second-order valence-electron chi connectivity index (χ2n) is 7.41. The molecule has 2 unspecified atom stereocenters. The van der Waals surface area contributed by atoms with Gasteiger partial charge in [-0.2, -0.15) is 0 Å². The van der Waals surface area contributed by atoms with Crippen molar-refractivity contribution >= 4 is 0 Å². The highest BCUT2D eigenvalue weighted by Gasteiger charge is 2.45. The second-order valence-corrected chi connectivity index (χ2v) is 7.41. The van der Waals surface area contributed by atoms with Crippen LogP contribution in [0.25, 0.3) is 0 Å². The fourth-order valence-corrected chi connectivity index (χ4v) is 5.14. The molecule has 0 amide bonds. The summed E-state index contributed by atoms with van der Waals surface area (Å²) in [6.45, 7) is 3.67. The third kappa shape index (κ3) is 3.46. The maximum atomic E-state index is 5.79. The predicted molar refractivity (Wildman–Crippen MR) is 87.7 cm³/mol. The SMILES string of the molecule is CNC(CCCC1CCCO1)C1(N2CCCC2)CCCC1. The number of nitrogens with zero attached hydrogens (tertiary/aromatic N) is 1. The summed E-state index contributed by atoms with van der Waals surface area (Å²) in [6.07, 6.45) is 15.6. The number of ether oxygens (including phenoxy) is 1. The number of likely N-dealkylation sites (tertiary alicyclic amines) is 1. The Bertz CT molecular complexity index is 302. The number of rotatable bonds is 7. The Balaban J connectivity index is 1.56. The Hall–Kier alpha value is -0.120.